The van der Waals surface area contributed by atoms with Gasteiger partial charge in [-0.1, -0.05) is 64.2 Å². The van der Waals surface area contributed by atoms with E-state index in [9.17, 15) is 0 Å². The molecule has 5 heteroatoms. The highest BCUT2D eigenvalue weighted by Gasteiger charge is 2.59. The standard InChI is InChI=1S/C52H86N4O/c1-2-12-33(13-3-1)45-31-37(32-46(54-45)44-17-10-11-27-53-44)56-48-19-8-5-15-39(48)42-29-35(22-25-50(42)56)34-21-24-49-41(28-34)38-14-4-7-18-47(38)55(49)36-23-26-52-43(30-36)40-16-6-9-20-51(40)57-52/h33-54H,1-32H2. The smallest absolute Gasteiger partial charge is 0.0612 e. The molecular formula is C52H86N4O. The first-order chi connectivity index (χ1) is 28.2. The third-order valence-corrected chi connectivity index (χ3v) is 21.5. The Hall–Kier alpha value is -0.200. The van der Waals surface area contributed by atoms with Gasteiger partial charge in [0.2, 0.25) is 0 Å². The van der Waals surface area contributed by atoms with Crippen LogP contribution in [0.25, 0.3) is 0 Å². The zero-order valence-corrected chi connectivity index (χ0v) is 36.5. The maximum Gasteiger partial charge on any atom is 0.0612 e. The van der Waals surface area contributed by atoms with Crippen molar-refractivity contribution < 1.29 is 4.74 Å². The summed E-state index contributed by atoms with van der Waals surface area (Å²) < 4.78 is 6.81. The second kappa shape index (κ2) is 16.5. The number of fused-ring (bicyclic) bond motifs is 9. The zero-order valence-electron chi connectivity index (χ0n) is 36.5. The van der Waals surface area contributed by atoms with Crippen LogP contribution in [0, 0.1) is 53.3 Å². The Morgan fingerprint density at radius 2 is 0.912 bits per heavy atom. The largest absolute Gasteiger partial charge is 0.374 e. The van der Waals surface area contributed by atoms with Gasteiger partial charge in [-0.05, 0) is 195 Å². The molecule has 0 bridgehead atoms. The maximum atomic E-state index is 6.81. The molecule has 5 saturated heterocycles. The van der Waals surface area contributed by atoms with Crippen LogP contribution >= 0.6 is 0 Å². The Morgan fingerprint density at radius 1 is 0.333 bits per heavy atom. The number of nitrogens with zero attached hydrogens (tertiary/aromatic N) is 2. The molecule has 12 aliphatic rings. The van der Waals surface area contributed by atoms with E-state index in [4.69, 9.17) is 4.74 Å². The van der Waals surface area contributed by atoms with Crippen LogP contribution in [0.3, 0.4) is 0 Å². The summed E-state index contributed by atoms with van der Waals surface area (Å²) >= 11 is 0. The normalized spacial score (nSPS) is 53.6. The number of piperidine rings is 2. The number of hydrogen-bond donors (Lipinski definition) is 2. The van der Waals surface area contributed by atoms with E-state index in [1.807, 2.05) is 0 Å². The van der Waals surface area contributed by atoms with Gasteiger partial charge in [0.1, 0.15) is 0 Å². The number of ether oxygens (including phenoxy) is 1. The molecule has 2 N–H and O–H groups in total. The molecule has 0 amide bonds. The first kappa shape index (κ1) is 38.5. The Bertz CT molecular complexity index is 1340. The van der Waals surface area contributed by atoms with Gasteiger partial charge in [-0.15, -0.1) is 0 Å². The number of hydrogen-bond acceptors (Lipinski definition) is 5. The second-order valence-electron chi connectivity index (χ2n) is 23.8. The van der Waals surface area contributed by atoms with Gasteiger partial charge in [0, 0.05) is 54.4 Å². The summed E-state index contributed by atoms with van der Waals surface area (Å²) in [6.45, 7) is 1.25. The molecule has 7 aliphatic carbocycles. The summed E-state index contributed by atoms with van der Waals surface area (Å²) in [5, 5.41) is 8.49. The third kappa shape index (κ3) is 7.01. The van der Waals surface area contributed by atoms with Crippen LogP contribution in [0.5, 0.6) is 0 Å². The average Bonchev–Trinajstić information content (AvgIpc) is 3.94. The summed E-state index contributed by atoms with van der Waals surface area (Å²) in [6.07, 6.45) is 47.5. The second-order valence-corrected chi connectivity index (χ2v) is 23.8. The highest BCUT2D eigenvalue weighted by atomic mass is 16.5. The summed E-state index contributed by atoms with van der Waals surface area (Å²) in [4.78, 5) is 6.69. The molecule has 0 aromatic rings. The van der Waals surface area contributed by atoms with Crippen molar-refractivity contribution in [2.75, 3.05) is 6.54 Å². The van der Waals surface area contributed by atoms with E-state index < -0.39 is 0 Å². The molecule has 12 rings (SSSR count). The number of nitrogens with one attached hydrogen (secondary N) is 2. The number of likely N-dealkylation sites (tertiary alicyclic amines) is 2. The lowest BCUT2D eigenvalue weighted by Gasteiger charge is -2.51. The zero-order chi connectivity index (χ0) is 37.5. The van der Waals surface area contributed by atoms with Crippen molar-refractivity contribution >= 4 is 0 Å². The van der Waals surface area contributed by atoms with E-state index in [-0.39, 0.29) is 0 Å². The van der Waals surface area contributed by atoms with E-state index in [2.05, 4.69) is 20.4 Å². The van der Waals surface area contributed by atoms with Gasteiger partial charge in [-0.2, -0.15) is 0 Å². The van der Waals surface area contributed by atoms with Crippen LogP contribution in [0.2, 0.25) is 0 Å². The van der Waals surface area contributed by atoms with Crippen molar-refractivity contribution in [2.45, 2.75) is 266 Å². The van der Waals surface area contributed by atoms with Crippen LogP contribution in [-0.4, -0.2) is 82.9 Å². The van der Waals surface area contributed by atoms with Gasteiger partial charge in [0.05, 0.1) is 12.2 Å². The minimum absolute atomic E-state index is 0.611. The van der Waals surface area contributed by atoms with Crippen molar-refractivity contribution in [3.63, 3.8) is 0 Å². The maximum absolute atomic E-state index is 6.81. The predicted octanol–water partition coefficient (Wildman–Crippen LogP) is 10.6. The Kier molecular flexibility index (Phi) is 11.1. The summed E-state index contributed by atoms with van der Waals surface area (Å²) in [6, 6.07) is 7.55. The average molecular weight is 783 g/mol. The molecule has 12 fully saturated rings. The highest BCUT2D eigenvalue weighted by Crippen LogP contribution is 2.59. The molecule has 5 aliphatic heterocycles. The molecule has 7 saturated carbocycles. The van der Waals surface area contributed by atoms with Crippen LogP contribution in [0.1, 0.15) is 199 Å². The van der Waals surface area contributed by atoms with Gasteiger partial charge >= 0.3 is 0 Å². The van der Waals surface area contributed by atoms with E-state index >= 15 is 0 Å². The van der Waals surface area contributed by atoms with Crippen molar-refractivity contribution in [2.24, 2.45) is 53.3 Å². The van der Waals surface area contributed by atoms with Crippen molar-refractivity contribution in [1.82, 2.24) is 20.4 Å². The summed E-state index contributed by atoms with van der Waals surface area (Å²) in [5.41, 5.74) is 0. The fraction of sp³-hybridized carbons (Fsp3) is 1.00. The molecule has 0 spiro atoms. The number of rotatable bonds is 5. The lowest BCUT2D eigenvalue weighted by molar-refractivity contribution is -0.0191. The molecule has 0 aromatic heterocycles. The molecule has 0 radical (unpaired) electrons. The molecule has 19 unspecified atom stereocenters. The molecule has 320 valence electrons. The van der Waals surface area contributed by atoms with Crippen molar-refractivity contribution in [3.05, 3.63) is 0 Å². The molecular weight excluding hydrogens is 697 g/mol. The summed E-state index contributed by atoms with van der Waals surface area (Å²) in [7, 11) is 0. The van der Waals surface area contributed by atoms with Crippen LogP contribution < -0.4 is 10.6 Å². The summed E-state index contributed by atoms with van der Waals surface area (Å²) in [5.74, 6) is 8.85. The van der Waals surface area contributed by atoms with Crippen LogP contribution in [-0.2, 0) is 4.74 Å². The van der Waals surface area contributed by atoms with Gasteiger partial charge in [0.25, 0.3) is 0 Å². The third-order valence-electron chi connectivity index (χ3n) is 21.5. The van der Waals surface area contributed by atoms with Crippen molar-refractivity contribution in [1.29, 1.82) is 0 Å². The lowest BCUT2D eigenvalue weighted by Crippen LogP contribution is -2.63. The van der Waals surface area contributed by atoms with Gasteiger partial charge in [-0.3, -0.25) is 9.80 Å². The minimum Gasteiger partial charge on any atom is -0.374 e. The van der Waals surface area contributed by atoms with E-state index in [1.165, 1.54) is 154 Å². The van der Waals surface area contributed by atoms with E-state index in [0.29, 0.717) is 24.3 Å². The molecule has 5 heterocycles. The van der Waals surface area contributed by atoms with Gasteiger partial charge < -0.3 is 15.4 Å². The van der Waals surface area contributed by atoms with Crippen LogP contribution in [0.4, 0.5) is 0 Å². The fourth-order valence-corrected chi connectivity index (χ4v) is 19.3. The predicted molar refractivity (Wildman–Crippen MR) is 232 cm³/mol. The fourth-order valence-electron chi connectivity index (χ4n) is 19.3. The van der Waals surface area contributed by atoms with Gasteiger partial charge in [-0.25, -0.2) is 0 Å². The van der Waals surface area contributed by atoms with Crippen molar-refractivity contribution in [3.8, 4) is 0 Å². The molecule has 5 nitrogen and oxygen atoms in total. The molecule has 57 heavy (non-hydrogen) atoms. The first-order valence-electron chi connectivity index (χ1n) is 26.9. The first-order valence-corrected chi connectivity index (χ1v) is 26.9. The molecule has 19 atom stereocenters. The minimum atomic E-state index is 0.611. The van der Waals surface area contributed by atoms with E-state index in [0.717, 1.165) is 95.6 Å². The topological polar surface area (TPSA) is 39.8 Å². The Balaban J connectivity index is 0.750. The Morgan fingerprint density at radius 3 is 1.61 bits per heavy atom. The van der Waals surface area contributed by atoms with Gasteiger partial charge in [0.15, 0.2) is 0 Å². The lowest BCUT2D eigenvalue weighted by atomic mass is 9.62. The molecule has 0 aromatic carbocycles. The quantitative estimate of drug-likeness (QED) is 0.291. The van der Waals surface area contributed by atoms with E-state index in [1.54, 1.807) is 51.4 Å². The monoisotopic (exact) mass is 783 g/mol. The highest BCUT2D eigenvalue weighted by molar-refractivity contribution is 5.12. The SMILES string of the molecule is C1CCC(C2CC(N3C4CCCCC4C4CC(C5CCC6C(C5)C5CCCCC5N6C5CCC6OC7CCCCC7C6C5)CCC43)CC(C3CCCCN3)N2)CC1. The Labute approximate surface area is 349 Å². The van der Waals surface area contributed by atoms with Crippen LogP contribution in [0.15, 0.2) is 0 Å².